The number of benzene rings is 2. The highest BCUT2D eigenvalue weighted by Gasteiger charge is 2.31. The van der Waals surface area contributed by atoms with Crippen LogP contribution in [-0.2, 0) is 6.18 Å². The molecule has 0 heterocycles. The quantitative estimate of drug-likeness (QED) is 0.753. The molecule has 0 aliphatic heterocycles. The van der Waals surface area contributed by atoms with Crippen LogP contribution in [0.25, 0.3) is 0 Å². The largest absolute Gasteiger partial charge is 0.457 e. The molecule has 4 heteroatoms. The van der Waals surface area contributed by atoms with E-state index >= 15 is 0 Å². The van der Waals surface area contributed by atoms with Gasteiger partial charge in [-0.2, -0.15) is 13.2 Å². The summed E-state index contributed by atoms with van der Waals surface area (Å²) in [6.07, 6.45) is -4.40. The van der Waals surface area contributed by atoms with Crippen LogP contribution in [0.15, 0.2) is 48.5 Å². The van der Waals surface area contributed by atoms with Crippen LogP contribution in [0.5, 0.6) is 11.5 Å². The van der Waals surface area contributed by atoms with Crippen molar-refractivity contribution >= 4 is 0 Å². The Labute approximate surface area is 103 Å². The van der Waals surface area contributed by atoms with E-state index in [4.69, 9.17) is 4.74 Å². The zero-order valence-corrected chi connectivity index (χ0v) is 9.37. The minimum atomic E-state index is -4.40. The Bertz CT molecular complexity index is 532. The molecule has 0 amide bonds. The van der Waals surface area contributed by atoms with Gasteiger partial charge in [0.25, 0.3) is 0 Å². The van der Waals surface area contributed by atoms with E-state index in [0.29, 0.717) is 5.75 Å². The van der Waals surface area contributed by atoms with Crippen molar-refractivity contribution in [2.45, 2.75) is 6.18 Å². The first-order valence-corrected chi connectivity index (χ1v) is 5.22. The van der Waals surface area contributed by atoms with Gasteiger partial charge in [0, 0.05) is 0 Å². The van der Waals surface area contributed by atoms with Gasteiger partial charge in [0.15, 0.2) is 0 Å². The van der Waals surface area contributed by atoms with E-state index in [0.717, 1.165) is 12.1 Å². The van der Waals surface area contributed by atoms with Gasteiger partial charge in [0.1, 0.15) is 11.5 Å². The molecule has 0 aliphatic rings. The smallest absolute Gasteiger partial charge is 0.416 e. The summed E-state index contributed by atoms with van der Waals surface area (Å²) in [7, 11) is 0. The number of ether oxygens (including phenoxy) is 1. The Morgan fingerprint density at radius 2 is 1.56 bits per heavy atom. The molecule has 18 heavy (non-hydrogen) atoms. The van der Waals surface area contributed by atoms with Crippen LogP contribution < -0.4 is 4.74 Å². The van der Waals surface area contributed by atoms with Crippen LogP contribution in [-0.4, -0.2) is 0 Å². The molecule has 2 aromatic carbocycles. The van der Waals surface area contributed by atoms with Gasteiger partial charge < -0.3 is 4.74 Å². The van der Waals surface area contributed by atoms with Crippen LogP contribution in [0.4, 0.5) is 13.2 Å². The van der Waals surface area contributed by atoms with E-state index in [1.807, 2.05) is 0 Å². The molecule has 0 spiro atoms. The second-order valence-electron chi connectivity index (χ2n) is 3.78. The molecule has 0 fully saturated rings. The molecular formula is C14H10F3O. The zero-order valence-electron chi connectivity index (χ0n) is 9.37. The van der Waals surface area contributed by atoms with Crippen LogP contribution in [0.2, 0.25) is 0 Å². The average molecular weight is 251 g/mol. The van der Waals surface area contributed by atoms with Crippen molar-refractivity contribution in [3.8, 4) is 11.5 Å². The summed E-state index contributed by atoms with van der Waals surface area (Å²) in [5.41, 5.74) is -0.503. The molecule has 1 radical (unpaired) electrons. The third-order valence-electron chi connectivity index (χ3n) is 2.27. The molecule has 93 valence electrons. The first-order valence-electron chi connectivity index (χ1n) is 5.22. The SMILES string of the molecule is [CH2]c1cc(Oc2ccccc2)cc(C(F)(F)F)c1. The summed E-state index contributed by atoms with van der Waals surface area (Å²) in [6, 6.07) is 12.0. The molecule has 0 saturated heterocycles. The minimum Gasteiger partial charge on any atom is -0.457 e. The van der Waals surface area contributed by atoms with E-state index in [1.54, 1.807) is 30.3 Å². The van der Waals surface area contributed by atoms with Gasteiger partial charge in [-0.3, -0.25) is 0 Å². The second kappa shape index (κ2) is 4.72. The lowest BCUT2D eigenvalue weighted by Gasteiger charge is -2.11. The van der Waals surface area contributed by atoms with Crippen molar-refractivity contribution in [3.05, 3.63) is 66.6 Å². The molecule has 2 aromatic rings. The Balaban J connectivity index is 2.32. The van der Waals surface area contributed by atoms with Crippen LogP contribution in [0.3, 0.4) is 0 Å². The van der Waals surface area contributed by atoms with E-state index < -0.39 is 11.7 Å². The van der Waals surface area contributed by atoms with Crippen LogP contribution in [0.1, 0.15) is 11.1 Å². The Morgan fingerprint density at radius 3 is 2.17 bits per heavy atom. The number of para-hydroxylation sites is 1. The topological polar surface area (TPSA) is 9.23 Å². The lowest BCUT2D eigenvalue weighted by molar-refractivity contribution is -0.137. The van der Waals surface area contributed by atoms with Crippen molar-refractivity contribution < 1.29 is 17.9 Å². The third kappa shape index (κ3) is 3.03. The van der Waals surface area contributed by atoms with Gasteiger partial charge in [-0.1, -0.05) is 18.2 Å². The third-order valence-corrected chi connectivity index (χ3v) is 2.27. The number of hydrogen-bond donors (Lipinski definition) is 0. The predicted molar refractivity (Wildman–Crippen MR) is 62.4 cm³/mol. The summed E-state index contributed by atoms with van der Waals surface area (Å²) >= 11 is 0. The number of halogens is 3. The van der Waals surface area contributed by atoms with Crippen molar-refractivity contribution in [2.24, 2.45) is 0 Å². The van der Waals surface area contributed by atoms with Gasteiger partial charge in [0.2, 0.25) is 0 Å². The second-order valence-corrected chi connectivity index (χ2v) is 3.78. The summed E-state index contributed by atoms with van der Waals surface area (Å²) in [4.78, 5) is 0. The molecule has 0 N–H and O–H groups in total. The van der Waals surface area contributed by atoms with Crippen LogP contribution in [0, 0.1) is 6.92 Å². The number of rotatable bonds is 2. The summed E-state index contributed by atoms with van der Waals surface area (Å²) in [6.45, 7) is 3.52. The van der Waals surface area contributed by atoms with Crippen molar-refractivity contribution in [1.29, 1.82) is 0 Å². The van der Waals surface area contributed by atoms with Gasteiger partial charge >= 0.3 is 6.18 Å². The summed E-state index contributed by atoms with van der Waals surface area (Å²) < 4.78 is 43.2. The Kier molecular flexibility index (Phi) is 3.28. The molecule has 0 aliphatic carbocycles. The fourth-order valence-electron chi connectivity index (χ4n) is 1.51. The van der Waals surface area contributed by atoms with Crippen LogP contribution >= 0.6 is 0 Å². The maximum Gasteiger partial charge on any atom is 0.416 e. The highest BCUT2D eigenvalue weighted by Crippen LogP contribution is 2.33. The first kappa shape index (κ1) is 12.5. The Hall–Kier alpha value is -1.97. The van der Waals surface area contributed by atoms with Gasteiger partial charge in [-0.25, -0.2) is 0 Å². The molecule has 1 nitrogen and oxygen atoms in total. The maximum atomic E-state index is 12.6. The standard InChI is InChI=1S/C14H10F3O/c1-10-7-11(14(15,16)17)9-13(8-10)18-12-5-3-2-4-6-12/h2-9H,1H2. The molecule has 0 aromatic heterocycles. The van der Waals surface area contributed by atoms with Gasteiger partial charge in [-0.15, -0.1) is 0 Å². The zero-order chi connectivity index (χ0) is 13.2. The minimum absolute atomic E-state index is 0.126. The predicted octanol–water partition coefficient (Wildman–Crippen LogP) is 4.68. The fourth-order valence-corrected chi connectivity index (χ4v) is 1.51. The average Bonchev–Trinajstić information content (AvgIpc) is 2.28. The first-order chi connectivity index (χ1) is 8.45. The van der Waals surface area contributed by atoms with E-state index in [1.165, 1.54) is 6.07 Å². The highest BCUT2D eigenvalue weighted by atomic mass is 19.4. The van der Waals surface area contributed by atoms with E-state index in [9.17, 15) is 13.2 Å². The summed E-state index contributed by atoms with van der Waals surface area (Å²) in [5.74, 6) is 0.609. The van der Waals surface area contributed by atoms with Gasteiger partial charge in [-0.05, 0) is 42.8 Å². The molecule has 0 bridgehead atoms. The molecule has 0 saturated carbocycles. The van der Waals surface area contributed by atoms with E-state index in [2.05, 4.69) is 6.92 Å². The normalized spacial score (nSPS) is 11.3. The number of alkyl halides is 3. The molecular weight excluding hydrogens is 241 g/mol. The van der Waals surface area contributed by atoms with E-state index in [-0.39, 0.29) is 11.3 Å². The van der Waals surface area contributed by atoms with Crippen molar-refractivity contribution in [2.75, 3.05) is 0 Å². The monoisotopic (exact) mass is 251 g/mol. The fraction of sp³-hybridized carbons (Fsp3) is 0.0714. The lowest BCUT2D eigenvalue weighted by atomic mass is 10.1. The molecule has 0 atom stereocenters. The lowest BCUT2D eigenvalue weighted by Crippen LogP contribution is -2.05. The van der Waals surface area contributed by atoms with Crippen molar-refractivity contribution in [3.63, 3.8) is 0 Å². The maximum absolute atomic E-state index is 12.6. The van der Waals surface area contributed by atoms with Crippen molar-refractivity contribution in [1.82, 2.24) is 0 Å². The highest BCUT2D eigenvalue weighted by molar-refractivity contribution is 5.39. The molecule has 0 unspecified atom stereocenters. The summed E-state index contributed by atoms with van der Waals surface area (Å²) in [5, 5.41) is 0. The van der Waals surface area contributed by atoms with Gasteiger partial charge in [0.05, 0.1) is 5.56 Å². The Morgan fingerprint density at radius 1 is 0.889 bits per heavy atom. The molecule has 2 rings (SSSR count). The number of hydrogen-bond acceptors (Lipinski definition) is 1.